The number of fused-ring (bicyclic) bond motifs is 2. The number of ether oxygens (including phenoxy) is 1. The summed E-state index contributed by atoms with van der Waals surface area (Å²) in [6.45, 7) is 2.30. The van der Waals surface area contributed by atoms with E-state index >= 15 is 0 Å². The summed E-state index contributed by atoms with van der Waals surface area (Å²) in [6.07, 6.45) is -10.1. The minimum atomic E-state index is -5.07. The zero-order valence-electron chi connectivity index (χ0n) is 18.0. The van der Waals surface area contributed by atoms with Gasteiger partial charge in [0.15, 0.2) is 0 Å². The molecular weight excluding hydrogens is 476 g/mol. The molecule has 4 rings (SSSR count). The van der Waals surface area contributed by atoms with Crippen LogP contribution in [0.15, 0.2) is 54.6 Å². The van der Waals surface area contributed by atoms with Gasteiger partial charge in [0.2, 0.25) is 0 Å². The van der Waals surface area contributed by atoms with Crippen LogP contribution < -0.4 is 15.8 Å². The second kappa shape index (κ2) is 8.64. The number of anilines is 2. The quantitative estimate of drug-likeness (QED) is 0.246. The average Bonchev–Trinajstić information content (AvgIpc) is 2.78. The van der Waals surface area contributed by atoms with E-state index in [1.165, 1.54) is 12.1 Å². The number of carbonyl (C=O) groups excluding carboxylic acids is 1. The minimum Gasteiger partial charge on any atom is -0.494 e. The summed E-state index contributed by atoms with van der Waals surface area (Å²) in [7, 11) is 0. The van der Waals surface area contributed by atoms with Crippen LogP contribution >= 0.6 is 0 Å². The summed E-state index contributed by atoms with van der Waals surface area (Å²) in [5, 5.41) is 3.51. The molecule has 0 spiro atoms. The lowest BCUT2D eigenvalue weighted by Crippen LogP contribution is -2.17. The number of amides is 1. The molecule has 0 saturated heterocycles. The molecule has 0 aliphatic rings. The van der Waals surface area contributed by atoms with Crippen molar-refractivity contribution < 1.29 is 35.9 Å². The van der Waals surface area contributed by atoms with Crippen molar-refractivity contribution in [1.29, 1.82) is 0 Å². The molecule has 1 amide bonds. The Hall–Kier alpha value is -4.02. The standard InChI is InChI=1S/C24H17F6N3O2/c1-2-35-16-4-6-19-18(11-16)21(31)17-5-3-15(10-20(17)33-19)32-22(34)12-7-13(23(25,26)27)9-14(8-12)24(28,29)30/h3-11H,2H2,1H3,(H2,31,33)(H,32,34). The second-order valence-electron chi connectivity index (χ2n) is 7.62. The number of benzene rings is 3. The zero-order valence-corrected chi connectivity index (χ0v) is 18.0. The lowest BCUT2D eigenvalue weighted by atomic mass is 10.0. The molecule has 4 aromatic rings. The Bertz CT molecular complexity index is 1420. The molecule has 0 saturated carbocycles. The third kappa shape index (κ3) is 4.93. The number of aromatic nitrogens is 1. The first-order valence-electron chi connectivity index (χ1n) is 10.2. The number of pyridine rings is 1. The van der Waals surface area contributed by atoms with Crippen molar-refractivity contribution in [3.63, 3.8) is 0 Å². The maximum Gasteiger partial charge on any atom is 0.416 e. The van der Waals surface area contributed by atoms with E-state index in [0.29, 0.717) is 52.0 Å². The molecule has 0 radical (unpaired) electrons. The Balaban J connectivity index is 1.71. The molecule has 182 valence electrons. The summed E-state index contributed by atoms with van der Waals surface area (Å²) in [5.41, 5.74) is 3.76. The number of carbonyl (C=O) groups is 1. The van der Waals surface area contributed by atoms with Crippen LogP contribution in [0.2, 0.25) is 0 Å². The largest absolute Gasteiger partial charge is 0.494 e. The van der Waals surface area contributed by atoms with Crippen molar-refractivity contribution in [1.82, 2.24) is 4.98 Å². The highest BCUT2D eigenvalue weighted by Crippen LogP contribution is 2.37. The fourth-order valence-corrected chi connectivity index (χ4v) is 3.58. The van der Waals surface area contributed by atoms with Crippen molar-refractivity contribution in [3.05, 3.63) is 71.3 Å². The van der Waals surface area contributed by atoms with Crippen LogP contribution in [0.1, 0.15) is 28.4 Å². The first-order chi connectivity index (χ1) is 16.4. The minimum absolute atomic E-state index is 0.0401. The second-order valence-corrected chi connectivity index (χ2v) is 7.62. The number of hydrogen-bond donors (Lipinski definition) is 2. The molecule has 1 aromatic heterocycles. The molecule has 0 aliphatic heterocycles. The maximum atomic E-state index is 13.1. The molecule has 0 unspecified atom stereocenters. The number of nitrogens with zero attached hydrogens (tertiary/aromatic N) is 1. The number of hydrogen-bond acceptors (Lipinski definition) is 4. The van der Waals surface area contributed by atoms with E-state index in [1.807, 2.05) is 6.92 Å². The summed E-state index contributed by atoms with van der Waals surface area (Å²) in [5.74, 6) is -0.535. The van der Waals surface area contributed by atoms with E-state index in [-0.39, 0.29) is 11.8 Å². The maximum absolute atomic E-state index is 13.1. The Morgan fingerprint density at radius 1 is 0.886 bits per heavy atom. The first kappa shape index (κ1) is 24.1. The van der Waals surface area contributed by atoms with E-state index in [4.69, 9.17) is 10.5 Å². The lowest BCUT2D eigenvalue weighted by molar-refractivity contribution is -0.143. The summed E-state index contributed by atoms with van der Waals surface area (Å²) >= 11 is 0. The predicted octanol–water partition coefficient (Wildman–Crippen LogP) is 6.66. The third-order valence-electron chi connectivity index (χ3n) is 5.21. The van der Waals surface area contributed by atoms with E-state index in [1.54, 1.807) is 24.3 Å². The van der Waals surface area contributed by atoms with Gasteiger partial charge in [-0.1, -0.05) is 0 Å². The van der Waals surface area contributed by atoms with Crippen LogP contribution in [0.25, 0.3) is 21.8 Å². The van der Waals surface area contributed by atoms with Crippen LogP contribution in [0, 0.1) is 0 Å². The molecule has 11 heteroatoms. The van der Waals surface area contributed by atoms with Crippen LogP contribution in [0.5, 0.6) is 5.75 Å². The molecule has 0 atom stereocenters. The number of halogens is 6. The Labute approximate surface area is 194 Å². The Morgan fingerprint density at radius 2 is 1.54 bits per heavy atom. The van der Waals surface area contributed by atoms with E-state index in [2.05, 4.69) is 10.3 Å². The van der Waals surface area contributed by atoms with Crippen molar-refractivity contribution >= 4 is 39.1 Å². The van der Waals surface area contributed by atoms with E-state index in [0.717, 1.165) is 0 Å². The van der Waals surface area contributed by atoms with Crippen LogP contribution in [0.4, 0.5) is 37.7 Å². The Morgan fingerprint density at radius 3 is 2.14 bits per heavy atom. The SMILES string of the molecule is CCOc1ccc2nc3cc(NC(=O)c4cc(C(F)(F)F)cc(C(F)(F)F)c4)ccc3c(N)c2c1. The van der Waals surface area contributed by atoms with Gasteiger partial charge in [0, 0.05) is 22.0 Å². The third-order valence-corrected chi connectivity index (χ3v) is 5.21. The van der Waals surface area contributed by atoms with Gasteiger partial charge in [-0.3, -0.25) is 4.79 Å². The Kier molecular flexibility index (Phi) is 5.95. The molecule has 0 bridgehead atoms. The molecule has 3 N–H and O–H groups in total. The van der Waals surface area contributed by atoms with Crippen molar-refractivity contribution in [3.8, 4) is 5.75 Å². The average molecular weight is 493 g/mol. The van der Waals surface area contributed by atoms with Crippen molar-refractivity contribution in [2.45, 2.75) is 19.3 Å². The number of nitrogen functional groups attached to an aromatic ring is 1. The fraction of sp³-hybridized carbons (Fsp3) is 0.167. The van der Waals surface area contributed by atoms with Gasteiger partial charge < -0.3 is 15.8 Å². The number of alkyl halides is 6. The smallest absolute Gasteiger partial charge is 0.416 e. The van der Waals surface area contributed by atoms with Gasteiger partial charge >= 0.3 is 12.4 Å². The monoisotopic (exact) mass is 493 g/mol. The van der Waals surface area contributed by atoms with Gasteiger partial charge in [-0.25, -0.2) is 4.98 Å². The normalized spacial score (nSPS) is 12.2. The van der Waals surface area contributed by atoms with Crippen LogP contribution in [-0.2, 0) is 12.4 Å². The highest BCUT2D eigenvalue weighted by molar-refractivity contribution is 6.09. The van der Waals surface area contributed by atoms with Gasteiger partial charge in [0.1, 0.15) is 5.75 Å². The highest BCUT2D eigenvalue weighted by Gasteiger charge is 2.37. The number of nitrogens with two attached hydrogens (primary N) is 1. The molecule has 1 heterocycles. The van der Waals surface area contributed by atoms with Gasteiger partial charge in [-0.15, -0.1) is 0 Å². The first-order valence-corrected chi connectivity index (χ1v) is 10.2. The van der Waals surface area contributed by atoms with E-state index in [9.17, 15) is 31.1 Å². The van der Waals surface area contributed by atoms with Gasteiger partial charge in [-0.2, -0.15) is 26.3 Å². The highest BCUT2D eigenvalue weighted by atomic mass is 19.4. The van der Waals surface area contributed by atoms with Gasteiger partial charge in [0.05, 0.1) is 34.5 Å². The lowest BCUT2D eigenvalue weighted by Gasteiger charge is -2.14. The predicted molar refractivity (Wildman–Crippen MR) is 119 cm³/mol. The molecule has 0 aliphatic carbocycles. The van der Waals surface area contributed by atoms with E-state index < -0.39 is 35.0 Å². The number of nitrogens with one attached hydrogen (secondary N) is 1. The zero-order chi connectivity index (χ0) is 25.5. The molecule has 0 fully saturated rings. The molecular formula is C24H17F6N3O2. The summed E-state index contributed by atoms with van der Waals surface area (Å²) in [4.78, 5) is 17.1. The van der Waals surface area contributed by atoms with Crippen LogP contribution in [-0.4, -0.2) is 17.5 Å². The number of rotatable bonds is 4. The molecule has 3 aromatic carbocycles. The summed E-state index contributed by atoms with van der Waals surface area (Å²) in [6, 6.07) is 10.2. The molecule has 35 heavy (non-hydrogen) atoms. The van der Waals surface area contributed by atoms with Gasteiger partial charge in [-0.05, 0) is 61.5 Å². The molecule has 5 nitrogen and oxygen atoms in total. The van der Waals surface area contributed by atoms with Crippen molar-refractivity contribution in [2.24, 2.45) is 0 Å². The van der Waals surface area contributed by atoms with Crippen LogP contribution in [0.3, 0.4) is 0 Å². The topological polar surface area (TPSA) is 77.2 Å². The fourth-order valence-electron chi connectivity index (χ4n) is 3.58. The van der Waals surface area contributed by atoms with Gasteiger partial charge in [0.25, 0.3) is 5.91 Å². The summed E-state index contributed by atoms with van der Waals surface area (Å²) < 4.78 is 84.1. The van der Waals surface area contributed by atoms with Crippen molar-refractivity contribution in [2.75, 3.05) is 17.7 Å².